The summed E-state index contributed by atoms with van der Waals surface area (Å²) < 4.78 is 6.55. The number of aryl methyl sites for hydroxylation is 1. The van der Waals surface area contributed by atoms with Crippen molar-refractivity contribution >= 4 is 17.3 Å². The number of morpholine rings is 1. The Morgan fingerprint density at radius 2 is 2.12 bits per heavy atom. The Balaban J connectivity index is 1.50. The second-order valence-electron chi connectivity index (χ2n) is 8.03. The summed E-state index contributed by atoms with van der Waals surface area (Å²) in [6.45, 7) is 7.25. The van der Waals surface area contributed by atoms with Gasteiger partial charge in [0.15, 0.2) is 0 Å². The van der Waals surface area contributed by atoms with Crippen LogP contribution in [0.5, 0.6) is 0 Å². The lowest BCUT2D eigenvalue weighted by Gasteiger charge is -2.38. The Morgan fingerprint density at radius 3 is 2.88 bits per heavy atom. The van der Waals surface area contributed by atoms with Gasteiger partial charge in [0.2, 0.25) is 5.91 Å². The van der Waals surface area contributed by atoms with E-state index in [0.717, 1.165) is 81.1 Å². The topological polar surface area (TPSA) is 58.8 Å². The second kappa shape index (κ2) is 8.37. The Hall–Kier alpha value is -1.63. The minimum Gasteiger partial charge on any atom is -0.399 e. The number of carbonyl (C=O) groups is 1. The van der Waals surface area contributed by atoms with Gasteiger partial charge in [-0.25, -0.2) is 0 Å². The fourth-order valence-corrected chi connectivity index (χ4v) is 3.98. The second-order valence-corrected chi connectivity index (χ2v) is 8.03. The van der Waals surface area contributed by atoms with Crippen molar-refractivity contribution in [1.82, 2.24) is 4.90 Å². The Kier molecular flexibility index (Phi) is 6.16. The molecule has 2 N–H and O–H groups in total. The third-order valence-electron chi connectivity index (χ3n) is 5.72. The molecule has 2 heterocycles. The molecule has 2 aliphatic heterocycles. The van der Waals surface area contributed by atoms with Gasteiger partial charge in [0.1, 0.15) is 13.1 Å². The normalized spacial score (nSPS) is 19.4. The van der Waals surface area contributed by atoms with E-state index >= 15 is 0 Å². The first-order valence-corrected chi connectivity index (χ1v) is 9.75. The number of amides is 1. The van der Waals surface area contributed by atoms with E-state index in [9.17, 15) is 4.79 Å². The molecule has 0 unspecified atom stereocenters. The van der Waals surface area contributed by atoms with Crippen molar-refractivity contribution in [2.45, 2.75) is 19.3 Å². The number of quaternary nitrogens is 1. The quantitative estimate of drug-likeness (QED) is 0.614. The van der Waals surface area contributed by atoms with Crippen molar-refractivity contribution in [2.24, 2.45) is 0 Å². The maximum absolute atomic E-state index is 12.8. The summed E-state index contributed by atoms with van der Waals surface area (Å²) in [7, 11) is 4.35. The van der Waals surface area contributed by atoms with E-state index in [-0.39, 0.29) is 5.91 Å². The molecule has 1 aromatic rings. The number of fused-ring (bicyclic) bond motifs is 1. The molecule has 26 heavy (non-hydrogen) atoms. The summed E-state index contributed by atoms with van der Waals surface area (Å²) in [5.74, 6) is 0.172. The van der Waals surface area contributed by atoms with E-state index < -0.39 is 0 Å². The molecule has 6 heteroatoms. The number of ether oxygens (including phenoxy) is 1. The van der Waals surface area contributed by atoms with Crippen LogP contribution in [0.15, 0.2) is 18.2 Å². The van der Waals surface area contributed by atoms with Crippen LogP contribution in [0.2, 0.25) is 0 Å². The zero-order valence-electron chi connectivity index (χ0n) is 16.2. The van der Waals surface area contributed by atoms with Crippen LogP contribution in [-0.4, -0.2) is 81.9 Å². The van der Waals surface area contributed by atoms with Crippen LogP contribution in [-0.2, 0) is 16.0 Å². The number of hydrogen-bond acceptors (Lipinski definition) is 4. The standard InChI is InChI=1S/C20H33N4O2/c1-22(8-4-10-24(2)11-13-26-14-12-24)16-20(25)23-9-3-5-17-6-7-18(21)15-19(17)23/h6-7,15H,3-5,8-14,16,21H2,1-2H3/q+1. The number of nitrogen functional groups attached to an aromatic ring is 1. The predicted octanol–water partition coefficient (Wildman–Crippen LogP) is 1.35. The Morgan fingerprint density at radius 1 is 1.35 bits per heavy atom. The molecular weight excluding hydrogens is 328 g/mol. The van der Waals surface area contributed by atoms with Crippen molar-refractivity contribution in [3.8, 4) is 0 Å². The summed E-state index contributed by atoms with van der Waals surface area (Å²) in [4.78, 5) is 16.9. The summed E-state index contributed by atoms with van der Waals surface area (Å²) in [6, 6.07) is 5.92. The highest BCUT2D eigenvalue weighted by Gasteiger charge is 2.26. The van der Waals surface area contributed by atoms with E-state index in [0.29, 0.717) is 6.54 Å². The number of anilines is 2. The van der Waals surface area contributed by atoms with Crippen LogP contribution < -0.4 is 10.6 Å². The molecule has 0 saturated carbocycles. The zero-order valence-corrected chi connectivity index (χ0v) is 16.2. The van der Waals surface area contributed by atoms with Gasteiger partial charge in [0.05, 0.1) is 33.4 Å². The number of nitrogens with zero attached hydrogens (tertiary/aromatic N) is 3. The molecule has 144 valence electrons. The molecule has 1 fully saturated rings. The first-order chi connectivity index (χ1) is 12.5. The molecule has 2 aliphatic rings. The molecule has 6 nitrogen and oxygen atoms in total. The summed E-state index contributed by atoms with van der Waals surface area (Å²) in [5.41, 5.74) is 8.89. The van der Waals surface area contributed by atoms with E-state index in [4.69, 9.17) is 10.5 Å². The van der Waals surface area contributed by atoms with Crippen LogP contribution in [0.4, 0.5) is 11.4 Å². The Bertz CT molecular complexity index is 628. The molecule has 0 radical (unpaired) electrons. The summed E-state index contributed by atoms with van der Waals surface area (Å²) >= 11 is 0. The monoisotopic (exact) mass is 361 g/mol. The van der Waals surface area contributed by atoms with Gasteiger partial charge in [-0.2, -0.15) is 0 Å². The highest BCUT2D eigenvalue weighted by molar-refractivity contribution is 5.96. The van der Waals surface area contributed by atoms with Crippen LogP contribution in [0.25, 0.3) is 0 Å². The maximum Gasteiger partial charge on any atom is 0.241 e. The van der Waals surface area contributed by atoms with Crippen LogP contribution in [0.3, 0.4) is 0 Å². The minimum atomic E-state index is 0.172. The number of rotatable bonds is 6. The lowest BCUT2D eigenvalue weighted by molar-refractivity contribution is -0.917. The first kappa shape index (κ1) is 19.1. The number of nitrogens with two attached hydrogens (primary N) is 1. The maximum atomic E-state index is 12.8. The van der Waals surface area contributed by atoms with Gasteiger partial charge < -0.3 is 19.9 Å². The number of benzene rings is 1. The van der Waals surface area contributed by atoms with Gasteiger partial charge >= 0.3 is 0 Å². The van der Waals surface area contributed by atoms with E-state index in [1.165, 1.54) is 5.56 Å². The molecule has 1 aromatic carbocycles. The fourth-order valence-electron chi connectivity index (χ4n) is 3.98. The average molecular weight is 362 g/mol. The van der Waals surface area contributed by atoms with Gasteiger partial charge in [0, 0.05) is 30.9 Å². The molecule has 0 aromatic heterocycles. The Labute approximate surface area is 157 Å². The molecular formula is C20H33N4O2+. The van der Waals surface area contributed by atoms with E-state index in [1.54, 1.807) is 0 Å². The van der Waals surface area contributed by atoms with Crippen LogP contribution in [0, 0.1) is 0 Å². The third-order valence-corrected chi connectivity index (χ3v) is 5.72. The van der Waals surface area contributed by atoms with Crippen LogP contribution in [0.1, 0.15) is 18.4 Å². The molecule has 1 saturated heterocycles. The van der Waals surface area contributed by atoms with Crippen molar-refractivity contribution in [1.29, 1.82) is 0 Å². The van der Waals surface area contributed by atoms with Gasteiger partial charge in [0.25, 0.3) is 0 Å². The molecule has 0 aliphatic carbocycles. The highest BCUT2D eigenvalue weighted by atomic mass is 16.5. The number of carbonyl (C=O) groups excluding carboxylic acids is 1. The minimum absolute atomic E-state index is 0.172. The van der Waals surface area contributed by atoms with E-state index in [2.05, 4.69) is 18.0 Å². The lowest BCUT2D eigenvalue weighted by atomic mass is 10.0. The molecule has 3 rings (SSSR count). The molecule has 0 spiro atoms. The number of hydrogen-bond donors (Lipinski definition) is 1. The molecule has 0 atom stereocenters. The average Bonchev–Trinajstić information content (AvgIpc) is 2.61. The SMILES string of the molecule is CN(CCC[N+]1(C)CCOCC1)CC(=O)N1CCCc2ccc(N)cc21. The van der Waals surface area contributed by atoms with Gasteiger partial charge in [-0.05, 0) is 37.6 Å². The van der Waals surface area contributed by atoms with Gasteiger partial charge in [-0.15, -0.1) is 0 Å². The van der Waals surface area contributed by atoms with Crippen molar-refractivity contribution in [3.63, 3.8) is 0 Å². The largest absolute Gasteiger partial charge is 0.399 e. The predicted molar refractivity (Wildman–Crippen MR) is 105 cm³/mol. The fraction of sp³-hybridized carbons (Fsp3) is 0.650. The zero-order chi connectivity index (χ0) is 18.6. The summed E-state index contributed by atoms with van der Waals surface area (Å²) in [6.07, 6.45) is 3.14. The van der Waals surface area contributed by atoms with Crippen molar-refractivity contribution in [2.75, 3.05) is 77.2 Å². The van der Waals surface area contributed by atoms with Gasteiger partial charge in [-0.3, -0.25) is 9.69 Å². The van der Waals surface area contributed by atoms with E-state index in [1.807, 2.05) is 24.1 Å². The summed E-state index contributed by atoms with van der Waals surface area (Å²) in [5, 5.41) is 0. The molecule has 1 amide bonds. The molecule has 0 bridgehead atoms. The van der Waals surface area contributed by atoms with Crippen molar-refractivity contribution < 1.29 is 14.0 Å². The first-order valence-electron chi connectivity index (χ1n) is 9.75. The highest BCUT2D eigenvalue weighted by Crippen LogP contribution is 2.29. The smallest absolute Gasteiger partial charge is 0.241 e. The van der Waals surface area contributed by atoms with Gasteiger partial charge in [-0.1, -0.05) is 6.07 Å². The lowest BCUT2D eigenvalue weighted by Crippen LogP contribution is -2.53. The number of likely N-dealkylation sites (N-methyl/N-ethyl adjacent to an activating group) is 2. The third kappa shape index (κ3) is 4.75. The van der Waals surface area contributed by atoms with Crippen LogP contribution >= 0.6 is 0 Å². The van der Waals surface area contributed by atoms with Crippen molar-refractivity contribution in [3.05, 3.63) is 23.8 Å².